The van der Waals surface area contributed by atoms with Crippen LogP contribution in [0.4, 0.5) is 11.5 Å². The van der Waals surface area contributed by atoms with Crippen LogP contribution in [-0.2, 0) is 11.3 Å². The molecular formula is C40H35N7O3. The Morgan fingerprint density at radius 1 is 1.06 bits per heavy atom. The van der Waals surface area contributed by atoms with Crippen LogP contribution >= 0.6 is 0 Å². The number of anilines is 2. The number of rotatable bonds is 8. The molecule has 0 bridgehead atoms. The first-order valence-corrected chi connectivity index (χ1v) is 16.8. The average molecular weight is 662 g/mol. The van der Waals surface area contributed by atoms with Gasteiger partial charge < -0.3 is 20.2 Å². The molecule has 10 nitrogen and oxygen atoms in total. The van der Waals surface area contributed by atoms with Crippen molar-refractivity contribution in [3.05, 3.63) is 107 Å². The number of carboxylic acids is 1. The molecular weight excluding hydrogens is 626 g/mol. The fourth-order valence-corrected chi connectivity index (χ4v) is 7.18. The van der Waals surface area contributed by atoms with Gasteiger partial charge in [0.25, 0.3) is 0 Å². The van der Waals surface area contributed by atoms with E-state index in [9.17, 15) is 15.2 Å². The van der Waals surface area contributed by atoms with E-state index in [2.05, 4.69) is 76.8 Å². The lowest BCUT2D eigenvalue weighted by atomic mass is 9.93. The summed E-state index contributed by atoms with van der Waals surface area (Å²) < 4.78 is 6.28. The molecule has 50 heavy (non-hydrogen) atoms. The summed E-state index contributed by atoms with van der Waals surface area (Å²) in [7, 11) is 0. The number of carboxylic acid groups (broad SMARTS) is 1. The molecule has 4 heterocycles. The summed E-state index contributed by atoms with van der Waals surface area (Å²) in [5.41, 5.74) is 9.46. The third kappa shape index (κ3) is 5.71. The van der Waals surface area contributed by atoms with Gasteiger partial charge in [-0.1, -0.05) is 30.3 Å². The van der Waals surface area contributed by atoms with Crippen LogP contribution in [0, 0.1) is 31.1 Å². The minimum absolute atomic E-state index is 0.360. The van der Waals surface area contributed by atoms with E-state index in [-0.39, 0.29) is 5.92 Å². The van der Waals surface area contributed by atoms with Gasteiger partial charge in [-0.25, -0.2) is 9.97 Å². The van der Waals surface area contributed by atoms with E-state index in [4.69, 9.17) is 14.4 Å². The van der Waals surface area contributed by atoms with Gasteiger partial charge in [0.2, 0.25) is 5.89 Å². The van der Waals surface area contributed by atoms with Crippen LogP contribution in [0.2, 0.25) is 0 Å². The predicted molar refractivity (Wildman–Crippen MR) is 195 cm³/mol. The van der Waals surface area contributed by atoms with Gasteiger partial charge in [0.05, 0.1) is 18.0 Å². The van der Waals surface area contributed by atoms with Crippen LogP contribution in [0.25, 0.3) is 44.5 Å². The SMILES string of the molecule is Cc1c(Nc2nccc3cc(C4=NCCN4)ccc23)cccc1-c1cccc(-c2nc3cc(CN4CC[C@@H](C(=O)O)C4)cc(C#N)c3o2)c1C. The second-order valence-corrected chi connectivity index (χ2v) is 13.0. The molecule has 2 aliphatic heterocycles. The number of nitrogens with one attached hydrogen (secondary N) is 2. The quantitative estimate of drug-likeness (QED) is 0.155. The van der Waals surface area contributed by atoms with Crippen molar-refractivity contribution < 1.29 is 14.3 Å². The normalized spacial score (nSPS) is 16.0. The fraction of sp³-hybridized carbons (Fsp3) is 0.225. The molecule has 3 N–H and O–H groups in total. The Morgan fingerprint density at radius 3 is 2.66 bits per heavy atom. The number of pyridine rings is 1. The summed E-state index contributed by atoms with van der Waals surface area (Å²) in [6.45, 7) is 7.59. The lowest BCUT2D eigenvalue weighted by Gasteiger charge is -2.17. The molecule has 0 radical (unpaired) electrons. The third-order valence-corrected chi connectivity index (χ3v) is 9.85. The molecule has 8 rings (SSSR count). The van der Waals surface area contributed by atoms with Crippen LogP contribution in [0.3, 0.4) is 0 Å². The number of nitriles is 1. The Bertz CT molecular complexity index is 2390. The van der Waals surface area contributed by atoms with Crippen LogP contribution in [0.15, 0.2) is 88.4 Å². The molecule has 0 amide bonds. The first-order chi connectivity index (χ1) is 24.4. The Hall–Kier alpha value is -6.05. The van der Waals surface area contributed by atoms with E-state index in [0.717, 1.165) is 80.1 Å². The molecule has 1 atom stereocenters. The molecule has 0 aliphatic carbocycles. The van der Waals surface area contributed by atoms with Gasteiger partial charge in [-0.05, 0) is 102 Å². The average Bonchev–Trinajstić information content (AvgIpc) is 3.91. The highest BCUT2D eigenvalue weighted by Crippen LogP contribution is 2.38. The smallest absolute Gasteiger partial charge is 0.307 e. The van der Waals surface area contributed by atoms with Gasteiger partial charge in [0.15, 0.2) is 5.58 Å². The fourth-order valence-electron chi connectivity index (χ4n) is 7.18. The van der Waals surface area contributed by atoms with Gasteiger partial charge in [-0.3, -0.25) is 14.7 Å². The number of oxazole rings is 1. The van der Waals surface area contributed by atoms with Crippen molar-refractivity contribution in [1.29, 1.82) is 5.26 Å². The lowest BCUT2D eigenvalue weighted by Crippen LogP contribution is -2.22. The molecule has 1 fully saturated rings. The Labute approximate surface area is 289 Å². The zero-order chi connectivity index (χ0) is 34.4. The maximum atomic E-state index is 11.4. The molecule has 0 saturated carbocycles. The standard InChI is InChI=1S/C40H35N7O3/c1-23-30(31-6-4-8-34(24(31)2)45-38-33-10-9-27(37-43-14-15-44-37)19-26(33)11-13-42-38)5-3-7-32(23)39-46-35-18-25(17-29(20-41)36(35)50-39)21-47-16-12-28(22-47)40(48)49/h3-11,13,17-19,28H,12,14-16,21-22H2,1-2H3,(H,42,45)(H,43,44)(H,48,49)/t28-/m1/s1. The summed E-state index contributed by atoms with van der Waals surface area (Å²) in [5, 5.41) is 28.5. The molecule has 2 aliphatic rings. The monoisotopic (exact) mass is 661 g/mol. The van der Waals surface area contributed by atoms with Crippen molar-refractivity contribution in [2.24, 2.45) is 10.9 Å². The van der Waals surface area contributed by atoms with E-state index in [1.165, 1.54) is 0 Å². The number of amidine groups is 1. The first kappa shape index (κ1) is 31.2. The number of carbonyl (C=O) groups is 1. The minimum atomic E-state index is -0.762. The van der Waals surface area contributed by atoms with Crippen molar-refractivity contribution in [3.63, 3.8) is 0 Å². The summed E-state index contributed by atoms with van der Waals surface area (Å²) in [5.74, 6) is 1.04. The van der Waals surface area contributed by atoms with Crippen molar-refractivity contribution in [3.8, 4) is 28.7 Å². The number of fused-ring (bicyclic) bond motifs is 2. The highest BCUT2D eigenvalue weighted by Gasteiger charge is 2.28. The Morgan fingerprint density at radius 2 is 1.88 bits per heavy atom. The second kappa shape index (κ2) is 12.8. The van der Waals surface area contributed by atoms with E-state index in [1.54, 1.807) is 0 Å². The van der Waals surface area contributed by atoms with Crippen molar-refractivity contribution in [2.45, 2.75) is 26.8 Å². The highest BCUT2D eigenvalue weighted by atomic mass is 16.4. The molecule has 10 heteroatoms. The van der Waals surface area contributed by atoms with Crippen LogP contribution in [0.5, 0.6) is 0 Å². The highest BCUT2D eigenvalue weighted by molar-refractivity contribution is 6.04. The largest absolute Gasteiger partial charge is 0.481 e. The van der Waals surface area contributed by atoms with Crippen LogP contribution in [0.1, 0.15) is 34.2 Å². The lowest BCUT2D eigenvalue weighted by molar-refractivity contribution is -0.141. The van der Waals surface area contributed by atoms with Crippen molar-refractivity contribution in [2.75, 3.05) is 31.5 Å². The zero-order valence-electron chi connectivity index (χ0n) is 27.8. The van der Waals surface area contributed by atoms with Gasteiger partial charge in [-0.15, -0.1) is 0 Å². The van der Waals surface area contributed by atoms with Crippen LogP contribution in [-0.4, -0.2) is 58.0 Å². The number of aliphatic imine (C=N–C) groups is 1. The summed E-state index contributed by atoms with van der Waals surface area (Å²) in [6.07, 6.45) is 2.45. The maximum Gasteiger partial charge on any atom is 0.307 e. The Kier molecular flexibility index (Phi) is 7.97. The maximum absolute atomic E-state index is 11.4. The first-order valence-electron chi connectivity index (χ1n) is 16.8. The van der Waals surface area contributed by atoms with Gasteiger partial charge in [-0.2, -0.15) is 5.26 Å². The van der Waals surface area contributed by atoms with E-state index < -0.39 is 5.97 Å². The van der Waals surface area contributed by atoms with Gasteiger partial charge in [0, 0.05) is 48.0 Å². The molecule has 4 aromatic carbocycles. The van der Waals surface area contributed by atoms with Crippen molar-refractivity contribution >= 4 is 45.2 Å². The second-order valence-electron chi connectivity index (χ2n) is 13.0. The molecule has 2 aromatic heterocycles. The van der Waals surface area contributed by atoms with Gasteiger partial charge in [0.1, 0.15) is 23.2 Å². The number of nitrogens with zero attached hydrogens (tertiary/aromatic N) is 5. The molecule has 248 valence electrons. The summed E-state index contributed by atoms with van der Waals surface area (Å²) in [4.78, 5) is 27.7. The Balaban J connectivity index is 1.10. The van der Waals surface area contributed by atoms with E-state index >= 15 is 0 Å². The molecule has 0 spiro atoms. The molecule has 6 aromatic rings. The topological polar surface area (TPSA) is 140 Å². The third-order valence-electron chi connectivity index (χ3n) is 9.85. The number of likely N-dealkylation sites (tertiary alicyclic amines) is 1. The predicted octanol–water partition coefficient (Wildman–Crippen LogP) is 7.20. The minimum Gasteiger partial charge on any atom is -0.481 e. The summed E-state index contributed by atoms with van der Waals surface area (Å²) in [6, 6.07) is 26.7. The van der Waals surface area contributed by atoms with Crippen molar-refractivity contribution in [1.82, 2.24) is 20.2 Å². The zero-order valence-corrected chi connectivity index (χ0v) is 27.8. The van der Waals surface area contributed by atoms with Crippen LogP contribution < -0.4 is 10.6 Å². The molecule has 0 unspecified atom stereocenters. The number of aromatic nitrogens is 2. The number of benzene rings is 4. The van der Waals surface area contributed by atoms with Gasteiger partial charge >= 0.3 is 5.97 Å². The molecule has 1 saturated heterocycles. The number of hydrogen-bond donors (Lipinski definition) is 3. The van der Waals surface area contributed by atoms with E-state index in [0.29, 0.717) is 48.6 Å². The summed E-state index contributed by atoms with van der Waals surface area (Å²) >= 11 is 0. The van der Waals surface area contributed by atoms with E-state index in [1.807, 2.05) is 42.6 Å². The number of hydrogen-bond acceptors (Lipinski definition) is 9. The number of aliphatic carboxylic acids is 1.